The lowest BCUT2D eigenvalue weighted by Crippen LogP contribution is -2.17. The number of rotatable bonds is 4. The monoisotopic (exact) mass is 336 g/mol. The lowest BCUT2D eigenvalue weighted by molar-refractivity contribution is -0.0100. The summed E-state index contributed by atoms with van der Waals surface area (Å²) in [7, 11) is 0. The minimum absolute atomic E-state index is 0.372. The second-order valence-electron chi connectivity index (χ2n) is 6.66. The molecule has 4 rings (SSSR count). The van der Waals surface area contributed by atoms with Crippen LogP contribution < -0.4 is 5.32 Å². The highest BCUT2D eigenvalue weighted by Crippen LogP contribution is 2.34. The Morgan fingerprint density at radius 2 is 2.12 bits per heavy atom. The summed E-state index contributed by atoms with van der Waals surface area (Å²) in [5, 5.41) is 11.6. The van der Waals surface area contributed by atoms with Crippen molar-refractivity contribution < 1.29 is 4.74 Å². The molecule has 25 heavy (non-hydrogen) atoms. The number of nitrogens with zero attached hydrogens (tertiary/aromatic N) is 5. The molecule has 1 aliphatic rings. The summed E-state index contributed by atoms with van der Waals surface area (Å²) in [6, 6.07) is 8.07. The molecule has 1 aromatic carbocycles. The van der Waals surface area contributed by atoms with Crippen LogP contribution in [0.5, 0.6) is 0 Å². The van der Waals surface area contributed by atoms with Gasteiger partial charge in [-0.2, -0.15) is 0 Å². The summed E-state index contributed by atoms with van der Waals surface area (Å²) in [5.74, 6) is 0.572. The van der Waals surface area contributed by atoms with Crippen molar-refractivity contribution >= 4 is 5.95 Å². The van der Waals surface area contributed by atoms with E-state index in [9.17, 15) is 0 Å². The predicted molar refractivity (Wildman–Crippen MR) is 93.3 cm³/mol. The summed E-state index contributed by atoms with van der Waals surface area (Å²) in [5.41, 5.74) is 4.60. The number of anilines is 1. The van der Waals surface area contributed by atoms with Crippen molar-refractivity contribution in [2.75, 3.05) is 5.32 Å². The molecule has 3 heterocycles. The van der Waals surface area contributed by atoms with Crippen molar-refractivity contribution in [3.8, 4) is 5.69 Å². The van der Waals surface area contributed by atoms with Gasteiger partial charge in [0.05, 0.1) is 30.7 Å². The molecule has 7 heteroatoms. The number of aryl methyl sites for hydroxylation is 1. The quantitative estimate of drug-likeness (QED) is 0.789. The molecule has 0 saturated carbocycles. The Balaban J connectivity index is 1.49. The Bertz CT molecular complexity index is 917. The Morgan fingerprint density at radius 3 is 2.96 bits per heavy atom. The average molecular weight is 336 g/mol. The third-order valence-corrected chi connectivity index (χ3v) is 4.35. The number of fused-ring (bicyclic) bond motifs is 1. The van der Waals surface area contributed by atoms with E-state index >= 15 is 0 Å². The van der Waals surface area contributed by atoms with Crippen molar-refractivity contribution in [2.24, 2.45) is 0 Å². The summed E-state index contributed by atoms with van der Waals surface area (Å²) in [6.45, 7) is 7.16. The van der Waals surface area contributed by atoms with Gasteiger partial charge < -0.3 is 10.1 Å². The zero-order valence-electron chi connectivity index (χ0n) is 14.5. The van der Waals surface area contributed by atoms with Crippen LogP contribution in [0.1, 0.15) is 36.4 Å². The van der Waals surface area contributed by atoms with E-state index in [-0.39, 0.29) is 5.60 Å². The standard InChI is InChI=1S/C18H20N6O/c1-12-6-4-5-7-15(12)24-10-14(22-23-24)9-20-17-19-8-13-11-25-18(2,3)16(13)21-17/h4-8,10H,9,11H2,1-3H3,(H,19,20,21). The smallest absolute Gasteiger partial charge is 0.223 e. The van der Waals surface area contributed by atoms with Crippen molar-refractivity contribution in [3.63, 3.8) is 0 Å². The normalized spacial score (nSPS) is 15.2. The van der Waals surface area contributed by atoms with E-state index in [4.69, 9.17) is 4.74 Å². The highest BCUT2D eigenvalue weighted by molar-refractivity contribution is 5.39. The molecule has 0 aliphatic carbocycles. The van der Waals surface area contributed by atoms with Gasteiger partial charge in [0, 0.05) is 11.8 Å². The van der Waals surface area contributed by atoms with Crippen LogP contribution in [0, 0.1) is 6.92 Å². The van der Waals surface area contributed by atoms with Gasteiger partial charge in [0.25, 0.3) is 0 Å². The van der Waals surface area contributed by atoms with Crippen molar-refractivity contribution in [3.05, 3.63) is 59.2 Å². The van der Waals surface area contributed by atoms with Crippen LogP contribution in [0.2, 0.25) is 0 Å². The minimum atomic E-state index is -0.372. The van der Waals surface area contributed by atoms with E-state index in [0.29, 0.717) is 19.1 Å². The van der Waals surface area contributed by atoms with Gasteiger partial charge in [-0.25, -0.2) is 14.6 Å². The molecule has 128 valence electrons. The zero-order chi connectivity index (χ0) is 17.4. The first-order chi connectivity index (χ1) is 12.0. The number of para-hydroxylation sites is 1. The van der Waals surface area contributed by atoms with Gasteiger partial charge in [-0.15, -0.1) is 5.10 Å². The molecule has 0 amide bonds. The number of hydrogen-bond donors (Lipinski definition) is 1. The number of nitrogens with one attached hydrogen (secondary N) is 1. The second-order valence-corrected chi connectivity index (χ2v) is 6.66. The van der Waals surface area contributed by atoms with E-state index in [0.717, 1.165) is 28.2 Å². The van der Waals surface area contributed by atoms with Gasteiger partial charge in [-0.1, -0.05) is 23.4 Å². The topological polar surface area (TPSA) is 77.8 Å². The molecule has 2 aromatic heterocycles. The largest absolute Gasteiger partial charge is 0.364 e. The minimum Gasteiger partial charge on any atom is -0.364 e. The molecule has 7 nitrogen and oxygen atoms in total. The van der Waals surface area contributed by atoms with Crippen LogP contribution >= 0.6 is 0 Å². The molecule has 0 bridgehead atoms. The fourth-order valence-corrected chi connectivity index (χ4v) is 2.93. The summed E-state index contributed by atoms with van der Waals surface area (Å²) < 4.78 is 7.52. The number of benzene rings is 1. The van der Waals surface area contributed by atoms with Gasteiger partial charge in [0.15, 0.2) is 0 Å². The zero-order valence-corrected chi connectivity index (χ0v) is 14.5. The Hall–Kier alpha value is -2.80. The lowest BCUT2D eigenvalue weighted by atomic mass is 10.0. The van der Waals surface area contributed by atoms with Crippen LogP contribution in [-0.4, -0.2) is 25.0 Å². The van der Waals surface area contributed by atoms with Crippen LogP contribution in [0.3, 0.4) is 0 Å². The molecular weight excluding hydrogens is 316 g/mol. The first kappa shape index (κ1) is 15.7. The van der Waals surface area contributed by atoms with E-state index in [2.05, 4.69) is 38.6 Å². The maximum Gasteiger partial charge on any atom is 0.223 e. The van der Waals surface area contributed by atoms with Crippen LogP contribution in [0.15, 0.2) is 36.7 Å². The molecule has 0 radical (unpaired) electrons. The molecule has 0 atom stereocenters. The second kappa shape index (κ2) is 5.93. The van der Waals surface area contributed by atoms with Gasteiger partial charge in [0.2, 0.25) is 5.95 Å². The van der Waals surface area contributed by atoms with Crippen molar-refractivity contribution in [1.29, 1.82) is 0 Å². The third-order valence-electron chi connectivity index (χ3n) is 4.35. The molecule has 0 spiro atoms. The molecule has 0 unspecified atom stereocenters. The van der Waals surface area contributed by atoms with Crippen molar-refractivity contribution in [1.82, 2.24) is 25.0 Å². The molecule has 0 saturated heterocycles. The van der Waals surface area contributed by atoms with Crippen LogP contribution in [-0.2, 0) is 23.5 Å². The lowest BCUT2D eigenvalue weighted by Gasteiger charge is -2.17. The molecule has 3 aromatic rings. The van der Waals surface area contributed by atoms with Gasteiger partial charge in [-0.05, 0) is 32.4 Å². The summed E-state index contributed by atoms with van der Waals surface area (Å²) >= 11 is 0. The van der Waals surface area contributed by atoms with Crippen LogP contribution in [0.4, 0.5) is 5.95 Å². The third kappa shape index (κ3) is 2.98. The SMILES string of the molecule is Cc1ccccc1-n1cc(CNc2ncc3c(n2)C(C)(C)OC3)nn1. The van der Waals surface area contributed by atoms with E-state index < -0.39 is 0 Å². The van der Waals surface area contributed by atoms with Crippen molar-refractivity contribution in [2.45, 2.75) is 39.5 Å². The first-order valence-electron chi connectivity index (χ1n) is 8.24. The molecule has 1 aliphatic heterocycles. The predicted octanol–water partition coefficient (Wildman–Crippen LogP) is 2.74. The Labute approximate surface area is 146 Å². The van der Waals surface area contributed by atoms with Gasteiger partial charge in [-0.3, -0.25) is 0 Å². The highest BCUT2D eigenvalue weighted by Gasteiger charge is 2.33. The fourth-order valence-electron chi connectivity index (χ4n) is 2.93. The first-order valence-corrected chi connectivity index (χ1v) is 8.24. The number of hydrogen-bond acceptors (Lipinski definition) is 6. The van der Waals surface area contributed by atoms with Gasteiger partial charge >= 0.3 is 0 Å². The van der Waals surface area contributed by atoms with E-state index in [1.807, 2.05) is 44.4 Å². The molecular formula is C18H20N6O. The van der Waals surface area contributed by atoms with E-state index in [1.54, 1.807) is 4.68 Å². The maximum absolute atomic E-state index is 5.74. The van der Waals surface area contributed by atoms with Gasteiger partial charge in [0.1, 0.15) is 11.3 Å². The average Bonchev–Trinajstić information content (AvgIpc) is 3.18. The number of aromatic nitrogens is 5. The fraction of sp³-hybridized carbons (Fsp3) is 0.333. The number of ether oxygens (including phenoxy) is 1. The van der Waals surface area contributed by atoms with Crippen LogP contribution in [0.25, 0.3) is 5.69 Å². The Morgan fingerprint density at radius 1 is 1.28 bits per heavy atom. The van der Waals surface area contributed by atoms with E-state index in [1.165, 1.54) is 0 Å². The molecule has 0 fully saturated rings. The summed E-state index contributed by atoms with van der Waals surface area (Å²) in [6.07, 6.45) is 3.74. The highest BCUT2D eigenvalue weighted by atomic mass is 16.5. The Kier molecular flexibility index (Phi) is 3.73. The maximum atomic E-state index is 5.74. The summed E-state index contributed by atoms with van der Waals surface area (Å²) in [4.78, 5) is 8.95. The molecule has 1 N–H and O–H groups in total.